The van der Waals surface area contributed by atoms with Crippen molar-refractivity contribution in [3.05, 3.63) is 0 Å². The molecule has 0 aliphatic carbocycles. The first-order valence-electron chi connectivity index (χ1n) is 2.62. The van der Waals surface area contributed by atoms with Crippen molar-refractivity contribution in [3.8, 4) is 0 Å². The van der Waals surface area contributed by atoms with Gasteiger partial charge in [-0.05, 0) is 0 Å². The van der Waals surface area contributed by atoms with Gasteiger partial charge in [0.2, 0.25) is 0 Å². The van der Waals surface area contributed by atoms with E-state index in [9.17, 15) is 9.59 Å². The molecule has 0 aromatic carbocycles. The number of carbonyl (C=O) groups excluding carboxylic acids is 2. The molecule has 0 rings (SSSR count). The van der Waals surface area contributed by atoms with Crippen molar-refractivity contribution in [2.45, 2.75) is 20.3 Å². The molecule has 0 aromatic rings. The molecule has 0 saturated heterocycles. The fraction of sp³-hybridized carbons (Fsp3) is 0.600. The Morgan fingerprint density at radius 3 is 1.70 bits per heavy atom. The van der Waals surface area contributed by atoms with E-state index in [4.69, 9.17) is 5.73 Å². The lowest BCUT2D eigenvalue weighted by atomic mass is 10.8. The largest absolute Gasteiger partial charge is 0.411 e. The quantitative estimate of drug-likeness (QED) is 0.415. The van der Waals surface area contributed by atoms with Gasteiger partial charge in [-0.15, -0.1) is 0 Å². The third-order valence-electron chi connectivity index (χ3n) is 0.564. The van der Waals surface area contributed by atoms with Gasteiger partial charge >= 0.3 is 18.4 Å². The fourth-order valence-corrected chi connectivity index (χ4v) is 0.351. The molecule has 0 aliphatic rings. The summed E-state index contributed by atoms with van der Waals surface area (Å²) in [5, 5.41) is 0. The average molecular weight is 147 g/mol. The van der Waals surface area contributed by atoms with Crippen molar-refractivity contribution in [1.29, 1.82) is 0 Å². The van der Waals surface area contributed by atoms with Crippen LogP contribution in [0.5, 0.6) is 0 Å². The summed E-state index contributed by atoms with van der Waals surface area (Å²) in [5.74, 6) is -1.18. The topological polar surface area (TPSA) is 78.6 Å². The Kier molecular flexibility index (Phi) is 3.42. The summed E-state index contributed by atoms with van der Waals surface area (Å²) in [4.78, 5) is 20.3. The molecule has 0 spiro atoms. The van der Waals surface area contributed by atoms with Crippen LogP contribution in [0.2, 0.25) is 0 Å². The van der Waals surface area contributed by atoms with E-state index in [1.807, 2.05) is 0 Å². The zero-order valence-corrected chi connectivity index (χ0v) is 5.79. The number of esters is 2. The van der Waals surface area contributed by atoms with Gasteiger partial charge in [0.15, 0.2) is 0 Å². The number of ether oxygens (including phenoxy) is 2. The molecule has 0 amide bonds. The lowest BCUT2D eigenvalue weighted by molar-refractivity contribution is -0.183. The molecule has 0 radical (unpaired) electrons. The molecule has 0 aliphatic heterocycles. The van der Waals surface area contributed by atoms with E-state index in [1.54, 1.807) is 0 Å². The van der Waals surface area contributed by atoms with Gasteiger partial charge in [-0.25, -0.2) is 0 Å². The zero-order valence-electron chi connectivity index (χ0n) is 5.79. The third-order valence-corrected chi connectivity index (χ3v) is 0.564. The zero-order chi connectivity index (χ0) is 8.15. The molecule has 10 heavy (non-hydrogen) atoms. The highest BCUT2D eigenvalue weighted by Gasteiger charge is 2.06. The Balaban J connectivity index is 3.53. The molecule has 0 fully saturated rings. The summed E-state index contributed by atoms with van der Waals surface area (Å²) in [7, 11) is 0. The van der Waals surface area contributed by atoms with Gasteiger partial charge in [0, 0.05) is 13.8 Å². The van der Waals surface area contributed by atoms with Gasteiger partial charge in [0.25, 0.3) is 0 Å². The number of nitrogens with two attached hydrogens (primary N) is 1. The minimum Gasteiger partial charge on any atom is -0.411 e. The Bertz CT molecular complexity index is 129. The first-order valence-corrected chi connectivity index (χ1v) is 2.62. The predicted octanol–water partition coefficient (Wildman–Crippen LogP) is -0.645. The second-order valence-electron chi connectivity index (χ2n) is 1.59. The van der Waals surface area contributed by atoms with Crippen LogP contribution >= 0.6 is 0 Å². The summed E-state index contributed by atoms with van der Waals surface area (Å²) in [5.41, 5.74) is 4.99. The molecule has 0 unspecified atom stereocenters. The number of hydrogen-bond donors (Lipinski definition) is 1. The molecule has 2 N–H and O–H groups in total. The van der Waals surface area contributed by atoms with Crippen molar-refractivity contribution >= 4 is 11.9 Å². The Morgan fingerprint density at radius 2 is 1.50 bits per heavy atom. The van der Waals surface area contributed by atoms with Crippen LogP contribution in [0.4, 0.5) is 0 Å². The van der Waals surface area contributed by atoms with Crippen molar-refractivity contribution in [3.63, 3.8) is 0 Å². The van der Waals surface area contributed by atoms with E-state index in [2.05, 4.69) is 9.47 Å². The van der Waals surface area contributed by atoms with Gasteiger partial charge < -0.3 is 9.47 Å². The van der Waals surface area contributed by atoms with Crippen molar-refractivity contribution in [1.82, 2.24) is 0 Å². The standard InChI is InChI=1S/C5H9NO4/c1-3(7)9-5(6)10-4(2)8/h5H,6H2,1-2H3. The Hall–Kier alpha value is -1.10. The van der Waals surface area contributed by atoms with Crippen LogP contribution in [-0.4, -0.2) is 18.4 Å². The van der Waals surface area contributed by atoms with Crippen LogP contribution in [0.15, 0.2) is 0 Å². The highest BCUT2D eigenvalue weighted by atomic mass is 16.7. The minimum atomic E-state index is -1.28. The van der Waals surface area contributed by atoms with Crippen LogP contribution < -0.4 is 5.73 Å². The van der Waals surface area contributed by atoms with Gasteiger partial charge in [-0.3, -0.25) is 15.3 Å². The highest BCUT2D eigenvalue weighted by molar-refractivity contribution is 5.68. The van der Waals surface area contributed by atoms with Gasteiger partial charge in [-0.1, -0.05) is 0 Å². The highest BCUT2D eigenvalue weighted by Crippen LogP contribution is 1.87. The molecule has 5 nitrogen and oxygen atoms in total. The van der Waals surface area contributed by atoms with Crippen molar-refractivity contribution in [2.75, 3.05) is 0 Å². The van der Waals surface area contributed by atoms with Gasteiger partial charge in [-0.2, -0.15) is 0 Å². The molecule has 0 atom stereocenters. The number of rotatable bonds is 2. The first kappa shape index (κ1) is 8.90. The average Bonchev–Trinajstić information content (AvgIpc) is 1.58. The van der Waals surface area contributed by atoms with E-state index in [0.717, 1.165) is 0 Å². The van der Waals surface area contributed by atoms with Crippen LogP contribution in [0.25, 0.3) is 0 Å². The number of hydrogen-bond acceptors (Lipinski definition) is 5. The predicted molar refractivity (Wildman–Crippen MR) is 31.5 cm³/mol. The van der Waals surface area contributed by atoms with Crippen LogP contribution in [0.1, 0.15) is 13.8 Å². The normalized spacial score (nSPS) is 9.20. The van der Waals surface area contributed by atoms with E-state index in [1.165, 1.54) is 13.8 Å². The molecule has 0 bridgehead atoms. The van der Waals surface area contributed by atoms with E-state index >= 15 is 0 Å². The second kappa shape index (κ2) is 3.84. The molecule has 0 saturated carbocycles. The SMILES string of the molecule is CC(=O)OC(N)OC(C)=O. The summed E-state index contributed by atoms with van der Waals surface area (Å²) < 4.78 is 8.51. The van der Waals surface area contributed by atoms with Crippen molar-refractivity contribution < 1.29 is 19.1 Å². The van der Waals surface area contributed by atoms with Gasteiger partial charge in [0.1, 0.15) is 0 Å². The molecule has 0 heterocycles. The Labute approximate surface area is 58.1 Å². The summed E-state index contributed by atoms with van der Waals surface area (Å²) >= 11 is 0. The lowest BCUT2D eigenvalue weighted by Crippen LogP contribution is -2.30. The monoisotopic (exact) mass is 147 g/mol. The minimum absolute atomic E-state index is 0.589. The maximum Gasteiger partial charge on any atom is 0.306 e. The maximum absolute atomic E-state index is 10.1. The van der Waals surface area contributed by atoms with Gasteiger partial charge in [0.05, 0.1) is 0 Å². The molecule has 58 valence electrons. The van der Waals surface area contributed by atoms with E-state index in [0.29, 0.717) is 0 Å². The van der Waals surface area contributed by atoms with E-state index < -0.39 is 18.4 Å². The number of carbonyl (C=O) groups is 2. The smallest absolute Gasteiger partial charge is 0.306 e. The molecular weight excluding hydrogens is 138 g/mol. The van der Waals surface area contributed by atoms with Crippen LogP contribution in [0.3, 0.4) is 0 Å². The summed E-state index contributed by atoms with van der Waals surface area (Å²) in [6, 6.07) is 0. The molecular formula is C5H9NO4. The summed E-state index contributed by atoms with van der Waals surface area (Å²) in [6.07, 6.45) is -1.28. The van der Waals surface area contributed by atoms with Crippen LogP contribution in [0, 0.1) is 0 Å². The molecule has 5 heteroatoms. The summed E-state index contributed by atoms with van der Waals surface area (Å²) in [6.45, 7) is 2.34. The first-order chi connectivity index (χ1) is 4.52. The van der Waals surface area contributed by atoms with E-state index in [-0.39, 0.29) is 0 Å². The Morgan fingerprint density at radius 1 is 1.20 bits per heavy atom. The van der Waals surface area contributed by atoms with Crippen LogP contribution in [-0.2, 0) is 19.1 Å². The van der Waals surface area contributed by atoms with Crippen molar-refractivity contribution in [2.24, 2.45) is 5.73 Å². The maximum atomic E-state index is 10.1. The lowest BCUT2D eigenvalue weighted by Gasteiger charge is -2.09. The second-order valence-corrected chi connectivity index (χ2v) is 1.59. The molecule has 0 aromatic heterocycles. The fourth-order valence-electron chi connectivity index (χ4n) is 0.351. The third kappa shape index (κ3) is 5.04.